The first-order valence-corrected chi connectivity index (χ1v) is 9.59. The van der Waals surface area contributed by atoms with Gasteiger partial charge in [-0.1, -0.05) is 30.3 Å². The normalized spacial score (nSPS) is 18.4. The van der Waals surface area contributed by atoms with Crippen LogP contribution in [0.3, 0.4) is 0 Å². The Bertz CT molecular complexity index is 768. The van der Waals surface area contributed by atoms with E-state index in [-0.39, 0.29) is 6.04 Å². The van der Waals surface area contributed by atoms with Gasteiger partial charge < -0.3 is 11.5 Å². The van der Waals surface area contributed by atoms with Gasteiger partial charge in [-0.05, 0) is 48.6 Å². The van der Waals surface area contributed by atoms with E-state index in [1.165, 1.54) is 0 Å². The average Bonchev–Trinajstić information content (AvgIpc) is 2.62. The molecule has 0 unspecified atom stereocenters. The summed E-state index contributed by atoms with van der Waals surface area (Å²) in [4.78, 5) is 0.294. The maximum atomic E-state index is 12.7. The second-order valence-electron chi connectivity index (χ2n) is 6.25. The van der Waals surface area contributed by atoms with Crippen LogP contribution in [-0.2, 0) is 10.0 Å². The maximum Gasteiger partial charge on any atom is 0.243 e. The lowest BCUT2D eigenvalue weighted by atomic mass is 9.87. The lowest BCUT2D eigenvalue weighted by molar-refractivity contribution is 0.245. The minimum Gasteiger partial charge on any atom is -0.399 e. The van der Waals surface area contributed by atoms with E-state index >= 15 is 0 Å². The van der Waals surface area contributed by atoms with Crippen LogP contribution >= 0.6 is 0 Å². The Morgan fingerprint density at radius 2 is 1.54 bits per heavy atom. The lowest BCUT2D eigenvalue weighted by Gasteiger charge is -2.34. The summed E-state index contributed by atoms with van der Waals surface area (Å²) in [6.07, 6.45) is 1.54. The fraction of sp³-hybridized carbons (Fsp3) is 0.333. The van der Waals surface area contributed by atoms with Crippen molar-refractivity contribution in [3.05, 3.63) is 60.2 Å². The van der Waals surface area contributed by atoms with E-state index in [9.17, 15) is 8.42 Å². The largest absolute Gasteiger partial charge is 0.399 e. The highest BCUT2D eigenvalue weighted by atomic mass is 32.2. The molecule has 0 amide bonds. The van der Waals surface area contributed by atoms with Gasteiger partial charge in [-0.15, -0.1) is 0 Å². The van der Waals surface area contributed by atoms with E-state index in [4.69, 9.17) is 11.5 Å². The van der Waals surface area contributed by atoms with Crippen molar-refractivity contribution in [3.63, 3.8) is 0 Å². The van der Waals surface area contributed by atoms with Gasteiger partial charge in [0.05, 0.1) is 4.90 Å². The summed E-state index contributed by atoms with van der Waals surface area (Å²) in [5.74, 6) is 0.297. The Hall–Kier alpha value is -1.89. The van der Waals surface area contributed by atoms with Gasteiger partial charge in [0.1, 0.15) is 0 Å². The fourth-order valence-corrected chi connectivity index (χ4v) is 4.68. The minimum atomic E-state index is -3.46. The van der Waals surface area contributed by atoms with Crippen LogP contribution in [0.1, 0.15) is 24.4 Å². The number of benzene rings is 2. The van der Waals surface area contributed by atoms with E-state index in [1.54, 1.807) is 28.6 Å². The van der Waals surface area contributed by atoms with Crippen molar-refractivity contribution in [2.45, 2.75) is 23.8 Å². The Morgan fingerprint density at radius 3 is 2.12 bits per heavy atom. The highest BCUT2D eigenvalue weighted by Crippen LogP contribution is 2.31. The average molecular weight is 345 g/mol. The molecule has 2 aromatic rings. The monoisotopic (exact) mass is 345 g/mol. The number of nitrogen functional groups attached to an aromatic ring is 1. The Balaban J connectivity index is 1.67. The predicted molar refractivity (Wildman–Crippen MR) is 95.7 cm³/mol. The summed E-state index contributed by atoms with van der Waals surface area (Å²) in [7, 11) is -3.46. The topological polar surface area (TPSA) is 89.4 Å². The van der Waals surface area contributed by atoms with E-state index in [0.29, 0.717) is 29.6 Å². The maximum absolute atomic E-state index is 12.7. The van der Waals surface area contributed by atoms with Crippen LogP contribution in [-0.4, -0.2) is 25.8 Å². The molecule has 0 saturated carbocycles. The molecule has 2 aromatic carbocycles. The van der Waals surface area contributed by atoms with Gasteiger partial charge in [-0.25, -0.2) is 8.42 Å². The van der Waals surface area contributed by atoms with E-state index in [1.807, 2.05) is 30.3 Å². The molecule has 1 fully saturated rings. The van der Waals surface area contributed by atoms with Gasteiger partial charge in [0, 0.05) is 24.8 Å². The highest BCUT2D eigenvalue weighted by molar-refractivity contribution is 7.89. The predicted octanol–water partition coefficient (Wildman–Crippen LogP) is 2.37. The molecule has 0 aliphatic carbocycles. The number of anilines is 1. The van der Waals surface area contributed by atoms with Crippen molar-refractivity contribution in [2.24, 2.45) is 11.7 Å². The zero-order valence-corrected chi connectivity index (χ0v) is 14.3. The van der Waals surface area contributed by atoms with E-state index in [0.717, 1.165) is 18.4 Å². The molecular weight excluding hydrogens is 322 g/mol. The number of hydrogen-bond donors (Lipinski definition) is 2. The second-order valence-corrected chi connectivity index (χ2v) is 8.18. The van der Waals surface area contributed by atoms with E-state index < -0.39 is 10.0 Å². The van der Waals surface area contributed by atoms with Gasteiger partial charge in [0.2, 0.25) is 10.0 Å². The molecule has 24 heavy (non-hydrogen) atoms. The van der Waals surface area contributed by atoms with Gasteiger partial charge >= 0.3 is 0 Å². The molecule has 0 spiro atoms. The third kappa shape index (κ3) is 3.45. The third-order valence-electron chi connectivity index (χ3n) is 4.71. The molecule has 0 radical (unpaired) electrons. The molecule has 1 atom stereocenters. The first-order chi connectivity index (χ1) is 11.5. The molecular formula is C18H23N3O2S. The van der Waals surface area contributed by atoms with Crippen molar-refractivity contribution in [1.29, 1.82) is 0 Å². The van der Waals surface area contributed by atoms with Gasteiger partial charge in [0.25, 0.3) is 0 Å². The second kappa shape index (κ2) is 6.93. The summed E-state index contributed by atoms with van der Waals surface area (Å²) in [5, 5.41) is 0. The smallest absolute Gasteiger partial charge is 0.243 e. The van der Waals surface area contributed by atoms with Gasteiger partial charge in [0.15, 0.2) is 0 Å². The fourth-order valence-electron chi connectivity index (χ4n) is 3.21. The Morgan fingerprint density at radius 1 is 0.958 bits per heavy atom. The Labute approximate surface area is 143 Å². The summed E-state index contributed by atoms with van der Waals surface area (Å²) in [6, 6.07) is 16.3. The summed E-state index contributed by atoms with van der Waals surface area (Å²) in [6.45, 7) is 0.996. The summed E-state index contributed by atoms with van der Waals surface area (Å²) in [5.41, 5.74) is 13.7. The number of sulfonamides is 1. The third-order valence-corrected chi connectivity index (χ3v) is 6.62. The molecule has 0 bridgehead atoms. The Kier molecular flexibility index (Phi) is 4.89. The van der Waals surface area contributed by atoms with Crippen LogP contribution in [0.15, 0.2) is 59.5 Å². The molecule has 1 heterocycles. The summed E-state index contributed by atoms with van der Waals surface area (Å²) >= 11 is 0. The van der Waals surface area contributed by atoms with Crippen molar-refractivity contribution in [3.8, 4) is 0 Å². The van der Waals surface area contributed by atoms with Crippen LogP contribution in [0.25, 0.3) is 0 Å². The van der Waals surface area contributed by atoms with Crippen molar-refractivity contribution in [1.82, 2.24) is 4.31 Å². The highest BCUT2D eigenvalue weighted by Gasteiger charge is 2.31. The van der Waals surface area contributed by atoms with Gasteiger partial charge in [-0.3, -0.25) is 0 Å². The molecule has 0 aromatic heterocycles. The van der Waals surface area contributed by atoms with Crippen molar-refractivity contribution >= 4 is 15.7 Å². The van der Waals surface area contributed by atoms with Crippen LogP contribution in [0.5, 0.6) is 0 Å². The zero-order chi connectivity index (χ0) is 17.2. The molecule has 1 aliphatic heterocycles. The molecule has 6 heteroatoms. The zero-order valence-electron chi connectivity index (χ0n) is 13.5. The van der Waals surface area contributed by atoms with Crippen molar-refractivity contribution < 1.29 is 8.42 Å². The SMILES string of the molecule is Nc1ccc(S(=O)(=O)N2CCC([C@@H](N)c3ccccc3)CC2)cc1. The molecule has 5 nitrogen and oxygen atoms in total. The number of hydrogen-bond acceptors (Lipinski definition) is 4. The standard InChI is InChI=1S/C18H23N3O2S/c19-16-6-8-17(9-7-16)24(22,23)21-12-10-15(11-13-21)18(20)14-4-2-1-3-5-14/h1-9,15,18H,10-13,19-20H2/t18-/m0/s1. The first kappa shape index (κ1) is 17.0. The van der Waals surface area contributed by atoms with Crippen LogP contribution < -0.4 is 11.5 Å². The van der Waals surface area contributed by atoms with E-state index in [2.05, 4.69) is 0 Å². The molecule has 128 valence electrons. The first-order valence-electron chi connectivity index (χ1n) is 8.15. The minimum absolute atomic E-state index is 0.0485. The number of piperidine rings is 1. The number of rotatable bonds is 4. The van der Waals surface area contributed by atoms with Crippen molar-refractivity contribution in [2.75, 3.05) is 18.8 Å². The number of nitrogens with two attached hydrogens (primary N) is 2. The van der Waals surface area contributed by atoms with Crippen LogP contribution in [0.4, 0.5) is 5.69 Å². The molecule has 1 aliphatic rings. The summed E-state index contributed by atoms with van der Waals surface area (Å²) < 4.78 is 26.9. The molecule has 3 rings (SSSR count). The van der Waals surface area contributed by atoms with Gasteiger partial charge in [-0.2, -0.15) is 4.31 Å². The quantitative estimate of drug-likeness (QED) is 0.833. The van der Waals surface area contributed by atoms with Crippen LogP contribution in [0.2, 0.25) is 0 Å². The molecule has 1 saturated heterocycles. The number of nitrogens with zero attached hydrogens (tertiary/aromatic N) is 1. The lowest BCUT2D eigenvalue weighted by Crippen LogP contribution is -2.40. The van der Waals surface area contributed by atoms with Crippen LogP contribution in [0, 0.1) is 5.92 Å². The molecule has 4 N–H and O–H groups in total.